The predicted octanol–water partition coefficient (Wildman–Crippen LogP) is 2.14. The van der Waals surface area contributed by atoms with Gasteiger partial charge in [-0.2, -0.15) is 4.31 Å². The maximum absolute atomic E-state index is 11.8. The number of nitrogens with zero attached hydrogens (tertiary/aromatic N) is 5. The lowest BCUT2D eigenvalue weighted by Crippen LogP contribution is -2.53. The maximum atomic E-state index is 11.8. The minimum absolute atomic E-state index is 0.00268. The van der Waals surface area contributed by atoms with Gasteiger partial charge in [-0.15, -0.1) is 0 Å². The molecule has 0 radical (unpaired) electrons. The summed E-state index contributed by atoms with van der Waals surface area (Å²) in [6.45, 7) is 3.41. The predicted molar refractivity (Wildman–Crippen MR) is 105 cm³/mol. The van der Waals surface area contributed by atoms with Crippen molar-refractivity contribution in [3.8, 4) is 11.3 Å². The van der Waals surface area contributed by atoms with Crippen LogP contribution < -0.4 is 4.90 Å². The van der Waals surface area contributed by atoms with Crippen LogP contribution in [0.1, 0.15) is 6.92 Å². The number of fused-ring (bicyclic) bond motifs is 1. The molecule has 8 nitrogen and oxygen atoms in total. The van der Waals surface area contributed by atoms with E-state index in [2.05, 4.69) is 19.9 Å². The highest BCUT2D eigenvalue weighted by atomic mass is 35.5. The molecule has 1 unspecified atom stereocenters. The van der Waals surface area contributed by atoms with E-state index in [-0.39, 0.29) is 6.04 Å². The van der Waals surface area contributed by atoms with Crippen molar-refractivity contribution < 1.29 is 8.42 Å². The van der Waals surface area contributed by atoms with E-state index < -0.39 is 10.0 Å². The smallest absolute Gasteiger partial charge is 0.211 e. The lowest BCUT2D eigenvalue weighted by atomic mass is 10.1. The number of H-pyrrole nitrogens is 1. The second-order valence-electron chi connectivity index (χ2n) is 6.68. The third kappa shape index (κ3) is 3.50. The summed E-state index contributed by atoms with van der Waals surface area (Å²) in [6.07, 6.45) is 8.08. The fourth-order valence-corrected chi connectivity index (χ4v) is 4.44. The van der Waals surface area contributed by atoms with Crippen molar-refractivity contribution in [2.75, 3.05) is 30.8 Å². The molecule has 142 valence electrons. The molecule has 0 saturated carbocycles. The van der Waals surface area contributed by atoms with Crippen LogP contribution in [-0.4, -0.2) is 64.6 Å². The van der Waals surface area contributed by atoms with Gasteiger partial charge in [-0.1, -0.05) is 11.6 Å². The van der Waals surface area contributed by atoms with Gasteiger partial charge in [0.25, 0.3) is 0 Å². The molecule has 10 heteroatoms. The van der Waals surface area contributed by atoms with Crippen LogP contribution in [0.4, 0.5) is 5.82 Å². The molecule has 0 aliphatic carbocycles. The van der Waals surface area contributed by atoms with Crippen LogP contribution in [0.2, 0.25) is 5.02 Å². The summed E-state index contributed by atoms with van der Waals surface area (Å²) >= 11 is 6.08. The van der Waals surface area contributed by atoms with Crippen molar-refractivity contribution >= 4 is 38.5 Å². The van der Waals surface area contributed by atoms with Gasteiger partial charge in [0.1, 0.15) is 11.5 Å². The summed E-state index contributed by atoms with van der Waals surface area (Å²) in [5.41, 5.74) is 2.31. The Balaban J connectivity index is 1.66. The van der Waals surface area contributed by atoms with Crippen LogP contribution in [0.25, 0.3) is 22.3 Å². The highest BCUT2D eigenvalue weighted by Crippen LogP contribution is 2.29. The fourth-order valence-electron chi connectivity index (χ4n) is 3.38. The van der Waals surface area contributed by atoms with Crippen molar-refractivity contribution in [1.82, 2.24) is 24.2 Å². The number of aromatic amines is 1. The number of anilines is 1. The highest BCUT2D eigenvalue weighted by Gasteiger charge is 2.29. The fraction of sp³-hybridized carbons (Fsp3) is 0.353. The number of sulfonamides is 1. The van der Waals surface area contributed by atoms with Crippen LogP contribution in [0.15, 0.2) is 30.9 Å². The largest absolute Gasteiger partial charge is 0.350 e. The molecule has 1 N–H and O–H groups in total. The average molecular weight is 407 g/mol. The molecule has 3 aromatic rings. The number of rotatable bonds is 3. The molecule has 27 heavy (non-hydrogen) atoms. The zero-order valence-electron chi connectivity index (χ0n) is 14.9. The normalized spacial score (nSPS) is 18.9. The minimum atomic E-state index is -3.19. The van der Waals surface area contributed by atoms with Crippen molar-refractivity contribution in [2.24, 2.45) is 0 Å². The lowest BCUT2D eigenvalue weighted by molar-refractivity contribution is 0.343. The van der Waals surface area contributed by atoms with Gasteiger partial charge in [0.2, 0.25) is 10.0 Å². The van der Waals surface area contributed by atoms with Gasteiger partial charge in [-0.3, -0.25) is 4.98 Å². The molecular formula is C17H19ClN6O2S. The third-order valence-corrected chi connectivity index (χ3v) is 6.23. The Labute approximate surface area is 162 Å². The molecule has 0 bridgehead atoms. The second-order valence-corrected chi connectivity index (χ2v) is 9.10. The number of piperazine rings is 1. The molecule has 4 rings (SSSR count). The minimum Gasteiger partial charge on any atom is -0.350 e. The third-order valence-electron chi connectivity index (χ3n) is 4.75. The average Bonchev–Trinajstić information content (AvgIpc) is 3.04. The Morgan fingerprint density at radius 2 is 2.07 bits per heavy atom. The van der Waals surface area contributed by atoms with Crippen LogP contribution in [-0.2, 0) is 10.0 Å². The van der Waals surface area contributed by atoms with E-state index in [1.807, 2.05) is 19.2 Å². The first kappa shape index (κ1) is 18.1. The molecule has 0 spiro atoms. The molecule has 1 aliphatic heterocycles. The summed E-state index contributed by atoms with van der Waals surface area (Å²) in [6, 6.07) is 1.84. The molecular weight excluding hydrogens is 388 g/mol. The van der Waals surface area contributed by atoms with Gasteiger partial charge in [-0.05, 0) is 13.0 Å². The van der Waals surface area contributed by atoms with Crippen LogP contribution >= 0.6 is 11.6 Å². The Kier molecular flexibility index (Phi) is 4.53. The summed E-state index contributed by atoms with van der Waals surface area (Å²) < 4.78 is 25.1. The Hall–Kier alpha value is -2.23. The van der Waals surface area contributed by atoms with Crippen molar-refractivity contribution in [3.63, 3.8) is 0 Å². The first-order chi connectivity index (χ1) is 12.8. The molecule has 1 atom stereocenters. The Bertz CT molecular complexity index is 1100. The summed E-state index contributed by atoms with van der Waals surface area (Å²) in [4.78, 5) is 18.6. The first-order valence-corrected chi connectivity index (χ1v) is 10.7. The number of aromatic nitrogens is 4. The van der Waals surface area contributed by atoms with E-state index in [9.17, 15) is 8.42 Å². The lowest BCUT2D eigenvalue weighted by Gasteiger charge is -2.39. The monoisotopic (exact) mass is 406 g/mol. The molecule has 0 aromatic carbocycles. The number of pyridine rings is 1. The Morgan fingerprint density at radius 1 is 1.26 bits per heavy atom. The molecule has 0 amide bonds. The van der Waals surface area contributed by atoms with Crippen LogP contribution in [0.3, 0.4) is 0 Å². The van der Waals surface area contributed by atoms with E-state index in [1.165, 1.54) is 10.6 Å². The quantitative estimate of drug-likeness (QED) is 0.716. The van der Waals surface area contributed by atoms with Crippen LogP contribution in [0, 0.1) is 0 Å². The molecule has 3 aromatic heterocycles. The van der Waals surface area contributed by atoms with Crippen molar-refractivity contribution in [2.45, 2.75) is 13.0 Å². The van der Waals surface area contributed by atoms with Gasteiger partial charge < -0.3 is 9.88 Å². The summed E-state index contributed by atoms with van der Waals surface area (Å²) in [5, 5.41) is 1.43. The van der Waals surface area contributed by atoms with E-state index in [4.69, 9.17) is 16.6 Å². The summed E-state index contributed by atoms with van der Waals surface area (Å²) in [5.74, 6) is 0.720. The highest BCUT2D eigenvalue weighted by molar-refractivity contribution is 7.88. The first-order valence-electron chi connectivity index (χ1n) is 8.50. The van der Waals surface area contributed by atoms with Crippen LogP contribution in [0.5, 0.6) is 0 Å². The van der Waals surface area contributed by atoms with E-state index in [0.717, 1.165) is 22.4 Å². The SMILES string of the molecule is CC1CN(S(C)(=O)=O)CCN1c1cncc(-c2c[nH]c3ncc(Cl)cc23)n1. The zero-order valence-corrected chi connectivity index (χ0v) is 16.5. The summed E-state index contributed by atoms with van der Waals surface area (Å²) in [7, 11) is -3.19. The number of halogens is 1. The van der Waals surface area contributed by atoms with Crippen molar-refractivity contribution in [3.05, 3.63) is 35.9 Å². The van der Waals surface area contributed by atoms with Gasteiger partial charge in [-0.25, -0.2) is 18.4 Å². The number of hydrogen-bond acceptors (Lipinski definition) is 6. The molecule has 4 heterocycles. The van der Waals surface area contributed by atoms with Gasteiger partial charge >= 0.3 is 0 Å². The maximum Gasteiger partial charge on any atom is 0.211 e. The topological polar surface area (TPSA) is 95.1 Å². The van der Waals surface area contributed by atoms with E-state index in [1.54, 1.807) is 18.6 Å². The van der Waals surface area contributed by atoms with E-state index >= 15 is 0 Å². The zero-order chi connectivity index (χ0) is 19.2. The van der Waals surface area contributed by atoms with Gasteiger partial charge in [0.05, 0.1) is 29.4 Å². The Morgan fingerprint density at radius 3 is 2.81 bits per heavy atom. The van der Waals surface area contributed by atoms with E-state index in [0.29, 0.717) is 30.4 Å². The van der Waals surface area contributed by atoms with Gasteiger partial charge in [0.15, 0.2) is 0 Å². The molecule has 1 aliphatic rings. The van der Waals surface area contributed by atoms with Gasteiger partial charge in [0, 0.05) is 49.0 Å². The number of nitrogens with one attached hydrogen (secondary N) is 1. The molecule has 1 saturated heterocycles. The molecule has 1 fully saturated rings. The standard InChI is InChI=1S/C17H19ClN6O2S/c1-11-10-23(27(2,25)26)3-4-24(11)16-9-19-8-15(22-16)14-7-21-17-13(14)5-12(18)6-20-17/h5-9,11H,3-4,10H2,1-2H3,(H,20,21). The second kappa shape index (κ2) is 6.74. The number of hydrogen-bond donors (Lipinski definition) is 1. The van der Waals surface area contributed by atoms with Crippen molar-refractivity contribution in [1.29, 1.82) is 0 Å².